The molecule has 38 heavy (non-hydrogen) atoms. The lowest BCUT2D eigenvalue weighted by molar-refractivity contribution is -0.129. The Labute approximate surface area is 227 Å². The van der Waals surface area contributed by atoms with Crippen molar-refractivity contribution >= 4 is 12.5 Å². The van der Waals surface area contributed by atoms with Crippen molar-refractivity contribution in [2.75, 3.05) is 13.2 Å². The molecular weight excluding hydrogens is 472 g/mol. The van der Waals surface area contributed by atoms with E-state index in [1.165, 1.54) is 27.8 Å². The fourth-order valence-corrected chi connectivity index (χ4v) is 5.73. The maximum Gasteiger partial charge on any atom is 0.293 e. The van der Waals surface area contributed by atoms with Gasteiger partial charge in [0.1, 0.15) is 6.61 Å². The molecule has 0 saturated carbocycles. The van der Waals surface area contributed by atoms with Gasteiger partial charge in [-0.05, 0) is 71.2 Å². The van der Waals surface area contributed by atoms with Crippen LogP contribution in [0.4, 0.5) is 0 Å². The average molecular weight is 513 g/mol. The molecule has 1 heterocycles. The highest BCUT2D eigenvalue weighted by Gasteiger charge is 2.31. The number of hydrogen-bond acceptors (Lipinski definition) is 4. The van der Waals surface area contributed by atoms with Crippen LogP contribution in [0, 0.1) is 13.8 Å². The van der Waals surface area contributed by atoms with Gasteiger partial charge in [0.15, 0.2) is 0 Å². The second kappa shape index (κ2) is 12.1. The molecule has 1 aliphatic rings. The van der Waals surface area contributed by atoms with Crippen LogP contribution in [-0.2, 0) is 26.3 Å². The molecule has 0 aliphatic carbocycles. The first-order chi connectivity index (χ1) is 18.3. The molecule has 1 fully saturated rings. The van der Waals surface area contributed by atoms with Crippen LogP contribution in [-0.4, -0.2) is 30.4 Å². The summed E-state index contributed by atoms with van der Waals surface area (Å²) in [5.41, 5.74) is 8.74. The van der Waals surface area contributed by atoms with Crippen molar-refractivity contribution in [3.63, 3.8) is 0 Å². The molecule has 0 atom stereocenters. The molecule has 0 spiro atoms. The van der Waals surface area contributed by atoms with Gasteiger partial charge in [0.05, 0.1) is 5.60 Å². The fourth-order valence-electron chi connectivity index (χ4n) is 5.73. The molecule has 0 amide bonds. The van der Waals surface area contributed by atoms with Crippen LogP contribution in [0.5, 0.6) is 0 Å². The second-order valence-electron chi connectivity index (χ2n) is 10.5. The number of aliphatic hydroxyl groups is 1. The highest BCUT2D eigenvalue weighted by atomic mass is 16.5. The van der Waals surface area contributed by atoms with Crippen LogP contribution < -0.4 is 0 Å². The van der Waals surface area contributed by atoms with Gasteiger partial charge < -0.3 is 14.6 Å². The Bertz CT molecular complexity index is 1260. The first-order valence-electron chi connectivity index (χ1n) is 13.7. The summed E-state index contributed by atoms with van der Waals surface area (Å²) >= 11 is 0. The number of benzene rings is 3. The Morgan fingerprint density at radius 3 is 2.13 bits per heavy atom. The monoisotopic (exact) mass is 512 g/mol. The minimum atomic E-state index is -0.775. The maximum atomic E-state index is 10.8. The van der Waals surface area contributed by atoms with E-state index in [-0.39, 0.29) is 5.41 Å². The molecule has 3 aromatic carbocycles. The first kappa shape index (κ1) is 27.8. The Hall–Kier alpha value is -3.21. The van der Waals surface area contributed by atoms with E-state index in [0.717, 1.165) is 29.5 Å². The number of ether oxygens (including phenoxy) is 2. The van der Waals surface area contributed by atoms with E-state index in [0.29, 0.717) is 39.1 Å². The smallest absolute Gasteiger partial charge is 0.293 e. The van der Waals surface area contributed by atoms with Gasteiger partial charge in [-0.3, -0.25) is 4.79 Å². The lowest BCUT2D eigenvalue weighted by Crippen LogP contribution is -2.33. The molecule has 200 valence electrons. The van der Waals surface area contributed by atoms with Crippen molar-refractivity contribution in [2.24, 2.45) is 0 Å². The topological polar surface area (TPSA) is 55.8 Å². The summed E-state index contributed by atoms with van der Waals surface area (Å²) < 4.78 is 10.3. The molecule has 1 saturated heterocycles. The van der Waals surface area contributed by atoms with E-state index in [4.69, 9.17) is 9.47 Å². The molecule has 3 aromatic rings. The van der Waals surface area contributed by atoms with E-state index in [1.807, 2.05) is 18.2 Å². The number of hydrogen-bond donors (Lipinski definition) is 1. The summed E-state index contributed by atoms with van der Waals surface area (Å²) in [6, 6.07) is 21.8. The highest BCUT2D eigenvalue weighted by Crippen LogP contribution is 2.41. The van der Waals surface area contributed by atoms with Crippen LogP contribution in [0.3, 0.4) is 0 Å². The van der Waals surface area contributed by atoms with Crippen LogP contribution in [0.2, 0.25) is 0 Å². The third-order valence-electron chi connectivity index (χ3n) is 8.32. The Balaban J connectivity index is 1.61. The van der Waals surface area contributed by atoms with Gasteiger partial charge in [0.2, 0.25) is 0 Å². The van der Waals surface area contributed by atoms with Crippen molar-refractivity contribution in [1.82, 2.24) is 0 Å². The fraction of sp³-hybridized carbons (Fsp3) is 0.382. The number of carbonyl (C=O) groups excluding carboxylic acids is 1. The molecule has 0 radical (unpaired) electrons. The highest BCUT2D eigenvalue weighted by molar-refractivity contribution is 5.68. The second-order valence-corrected chi connectivity index (χ2v) is 10.5. The Morgan fingerprint density at radius 1 is 0.921 bits per heavy atom. The standard InChI is InChI=1S/C34H40O4/c1-5-34(6-2,30-12-11-28(25(3)21-30)15-16-33(36)17-19-37-20-18-33)31-13-14-32(26(4)22-31)29-9-7-27(8-10-29)23-38-24-35/h7-16,21-22,24,36H,5-6,17-20,23H2,1-4H3/b16-15+. The van der Waals surface area contributed by atoms with E-state index in [9.17, 15) is 9.90 Å². The summed E-state index contributed by atoms with van der Waals surface area (Å²) in [6.45, 7) is 10.9. The molecule has 1 N–H and O–H groups in total. The number of carbonyl (C=O) groups is 1. The van der Waals surface area contributed by atoms with Gasteiger partial charge in [0.25, 0.3) is 6.47 Å². The molecule has 0 unspecified atom stereocenters. The van der Waals surface area contributed by atoms with Gasteiger partial charge >= 0.3 is 0 Å². The van der Waals surface area contributed by atoms with Gasteiger partial charge in [-0.25, -0.2) is 0 Å². The van der Waals surface area contributed by atoms with Crippen molar-refractivity contribution in [3.05, 3.63) is 100 Å². The third-order valence-corrected chi connectivity index (χ3v) is 8.32. The summed E-state index contributed by atoms with van der Waals surface area (Å²) in [5.74, 6) is 0. The molecule has 4 nitrogen and oxygen atoms in total. The van der Waals surface area contributed by atoms with E-state index in [1.54, 1.807) is 0 Å². The SMILES string of the molecule is CCC(CC)(c1ccc(/C=C/C2(O)CCOCC2)c(C)c1)c1ccc(-c2ccc(COC=O)cc2)c(C)c1. The van der Waals surface area contributed by atoms with Crippen LogP contribution >= 0.6 is 0 Å². The minimum absolute atomic E-state index is 0.0781. The van der Waals surface area contributed by atoms with E-state index < -0.39 is 5.60 Å². The van der Waals surface area contributed by atoms with Crippen molar-refractivity contribution in [3.8, 4) is 11.1 Å². The zero-order valence-corrected chi connectivity index (χ0v) is 23.1. The molecule has 0 aromatic heterocycles. The predicted octanol–water partition coefficient (Wildman–Crippen LogP) is 7.30. The largest absolute Gasteiger partial charge is 0.463 e. The zero-order chi connectivity index (χ0) is 27.2. The van der Waals surface area contributed by atoms with Gasteiger partial charge in [0, 0.05) is 31.5 Å². The van der Waals surface area contributed by atoms with Crippen molar-refractivity contribution in [2.45, 2.75) is 71.0 Å². The summed E-state index contributed by atoms with van der Waals surface area (Å²) in [5, 5.41) is 10.8. The first-order valence-corrected chi connectivity index (χ1v) is 13.7. The van der Waals surface area contributed by atoms with Crippen molar-refractivity contribution in [1.29, 1.82) is 0 Å². The van der Waals surface area contributed by atoms with E-state index >= 15 is 0 Å². The third kappa shape index (κ3) is 5.92. The molecule has 0 bridgehead atoms. The maximum absolute atomic E-state index is 10.8. The summed E-state index contributed by atoms with van der Waals surface area (Å²) in [6.07, 6.45) is 7.31. The van der Waals surface area contributed by atoms with Crippen LogP contribution in [0.1, 0.15) is 72.9 Å². The lowest BCUT2D eigenvalue weighted by atomic mass is 9.69. The van der Waals surface area contributed by atoms with Crippen molar-refractivity contribution < 1.29 is 19.4 Å². The number of aryl methyl sites for hydroxylation is 2. The molecular formula is C34H40O4. The van der Waals surface area contributed by atoms with Gasteiger partial charge in [-0.2, -0.15) is 0 Å². The normalized spacial score (nSPS) is 15.5. The van der Waals surface area contributed by atoms with Gasteiger partial charge in [-0.1, -0.05) is 86.7 Å². The van der Waals surface area contributed by atoms with Crippen LogP contribution in [0.25, 0.3) is 17.2 Å². The molecule has 4 rings (SSSR count). The molecule has 4 heteroatoms. The Kier molecular flexibility index (Phi) is 8.86. The quantitative estimate of drug-likeness (QED) is 0.290. The predicted molar refractivity (Wildman–Crippen MR) is 154 cm³/mol. The Morgan fingerprint density at radius 2 is 1.55 bits per heavy atom. The zero-order valence-electron chi connectivity index (χ0n) is 23.1. The lowest BCUT2D eigenvalue weighted by Gasteiger charge is -2.34. The summed E-state index contributed by atoms with van der Waals surface area (Å²) in [4.78, 5) is 10.5. The minimum Gasteiger partial charge on any atom is -0.463 e. The van der Waals surface area contributed by atoms with Gasteiger partial charge in [-0.15, -0.1) is 0 Å². The van der Waals surface area contributed by atoms with Crippen LogP contribution in [0.15, 0.2) is 66.7 Å². The summed E-state index contributed by atoms with van der Waals surface area (Å²) in [7, 11) is 0. The molecule has 1 aliphatic heterocycles. The number of rotatable bonds is 10. The van der Waals surface area contributed by atoms with E-state index in [2.05, 4.69) is 82.3 Å². The average Bonchev–Trinajstić information content (AvgIpc) is 2.93.